The van der Waals surface area contributed by atoms with E-state index in [0.717, 1.165) is 36.1 Å². The summed E-state index contributed by atoms with van der Waals surface area (Å²) in [5.41, 5.74) is 0.881. The highest BCUT2D eigenvalue weighted by molar-refractivity contribution is 6.99. The normalized spacial score (nSPS) is 23.8. The second-order valence-corrected chi connectivity index (χ2v) is 6.69. The van der Waals surface area contributed by atoms with Gasteiger partial charge in [-0.05, 0) is 31.2 Å². The first-order valence-electron chi connectivity index (χ1n) is 8.29. The van der Waals surface area contributed by atoms with Crippen LogP contribution in [0, 0.1) is 17.8 Å². The third-order valence-corrected chi connectivity index (χ3v) is 5.04. The SMILES string of the molecule is COc1cccc(C#CCOc2nsnc2OC2CN3CCC2C3)c1. The van der Waals surface area contributed by atoms with Crippen LogP contribution in [0.3, 0.4) is 0 Å². The quantitative estimate of drug-likeness (QED) is 0.764. The first kappa shape index (κ1) is 16.2. The summed E-state index contributed by atoms with van der Waals surface area (Å²) in [7, 11) is 1.64. The van der Waals surface area contributed by atoms with Crippen molar-refractivity contribution in [3.8, 4) is 29.4 Å². The van der Waals surface area contributed by atoms with Crippen LogP contribution < -0.4 is 14.2 Å². The van der Waals surface area contributed by atoms with E-state index in [9.17, 15) is 0 Å². The van der Waals surface area contributed by atoms with E-state index in [1.807, 2.05) is 24.3 Å². The maximum Gasteiger partial charge on any atom is 0.292 e. The molecule has 2 saturated heterocycles. The molecule has 2 fully saturated rings. The van der Waals surface area contributed by atoms with Crippen molar-refractivity contribution in [2.24, 2.45) is 5.92 Å². The lowest BCUT2D eigenvalue weighted by molar-refractivity contribution is 0.131. The van der Waals surface area contributed by atoms with Gasteiger partial charge in [-0.25, -0.2) is 0 Å². The molecule has 0 N–H and O–H groups in total. The molecule has 3 unspecified atom stereocenters. The molecular formula is C18H19N3O3S. The minimum Gasteiger partial charge on any atom is -0.497 e. The Morgan fingerprint density at radius 3 is 3.00 bits per heavy atom. The van der Waals surface area contributed by atoms with E-state index in [-0.39, 0.29) is 12.7 Å². The summed E-state index contributed by atoms with van der Waals surface area (Å²) in [5.74, 6) is 8.34. The fourth-order valence-corrected chi connectivity index (χ4v) is 3.73. The Hall–Kier alpha value is -2.30. The van der Waals surface area contributed by atoms with Crippen molar-refractivity contribution >= 4 is 11.7 Å². The van der Waals surface area contributed by atoms with Crippen LogP contribution in [-0.4, -0.2) is 53.1 Å². The zero-order valence-electron chi connectivity index (χ0n) is 14.0. The molecule has 2 aliphatic rings. The first-order valence-corrected chi connectivity index (χ1v) is 9.02. The van der Waals surface area contributed by atoms with Gasteiger partial charge in [-0.1, -0.05) is 17.9 Å². The predicted molar refractivity (Wildman–Crippen MR) is 94.2 cm³/mol. The molecule has 4 rings (SSSR count). The van der Waals surface area contributed by atoms with Gasteiger partial charge in [-0.15, -0.1) is 8.75 Å². The molecule has 2 aliphatic heterocycles. The predicted octanol–water partition coefficient (Wildman–Crippen LogP) is 2.06. The molecule has 1 aromatic heterocycles. The van der Waals surface area contributed by atoms with Gasteiger partial charge in [0.2, 0.25) is 0 Å². The molecule has 0 amide bonds. The molecule has 0 aliphatic carbocycles. The maximum absolute atomic E-state index is 6.03. The van der Waals surface area contributed by atoms with E-state index in [1.165, 1.54) is 13.0 Å². The lowest BCUT2D eigenvalue weighted by atomic mass is 10.0. The standard InChI is InChI=1S/C18H19N3O3S/c1-22-15-6-2-4-13(10-15)5-3-9-23-17-18(20-25-19-17)24-16-12-21-8-7-14(16)11-21/h2,4,6,10,14,16H,7-9,11-12H2,1H3. The number of benzene rings is 1. The fraction of sp³-hybridized carbons (Fsp3) is 0.444. The molecule has 25 heavy (non-hydrogen) atoms. The van der Waals surface area contributed by atoms with Crippen molar-refractivity contribution in [1.29, 1.82) is 0 Å². The molecule has 2 bridgehead atoms. The van der Waals surface area contributed by atoms with Crippen LogP contribution in [-0.2, 0) is 0 Å². The van der Waals surface area contributed by atoms with E-state index >= 15 is 0 Å². The number of hydrogen-bond acceptors (Lipinski definition) is 7. The molecular weight excluding hydrogens is 338 g/mol. The van der Waals surface area contributed by atoms with E-state index in [4.69, 9.17) is 14.2 Å². The second kappa shape index (κ2) is 7.30. The number of aromatic nitrogens is 2. The monoisotopic (exact) mass is 357 g/mol. The van der Waals surface area contributed by atoms with Crippen molar-refractivity contribution in [3.63, 3.8) is 0 Å². The summed E-state index contributed by atoms with van der Waals surface area (Å²) in [4.78, 5) is 2.43. The van der Waals surface area contributed by atoms with Gasteiger partial charge in [0, 0.05) is 24.6 Å². The van der Waals surface area contributed by atoms with Crippen LogP contribution >= 0.6 is 11.7 Å². The van der Waals surface area contributed by atoms with Crippen molar-refractivity contribution in [1.82, 2.24) is 13.6 Å². The lowest BCUT2D eigenvalue weighted by Crippen LogP contribution is -2.32. The molecule has 130 valence electrons. The van der Waals surface area contributed by atoms with Crippen LogP contribution in [0.4, 0.5) is 0 Å². The van der Waals surface area contributed by atoms with Gasteiger partial charge < -0.3 is 14.2 Å². The number of hydrogen-bond donors (Lipinski definition) is 0. The summed E-state index contributed by atoms with van der Waals surface area (Å²) in [6.07, 6.45) is 1.40. The smallest absolute Gasteiger partial charge is 0.292 e. The Kier molecular flexibility index (Phi) is 4.72. The highest BCUT2D eigenvalue weighted by Gasteiger charge is 2.40. The largest absolute Gasteiger partial charge is 0.497 e. The molecule has 7 heteroatoms. The van der Waals surface area contributed by atoms with Gasteiger partial charge in [0.1, 0.15) is 11.9 Å². The highest BCUT2D eigenvalue weighted by atomic mass is 32.1. The van der Waals surface area contributed by atoms with Gasteiger partial charge >= 0.3 is 0 Å². The molecule has 0 saturated carbocycles. The average molecular weight is 357 g/mol. The first-order chi connectivity index (χ1) is 12.3. The van der Waals surface area contributed by atoms with Crippen LogP contribution in [0.5, 0.6) is 17.5 Å². The molecule has 2 aromatic rings. The summed E-state index contributed by atoms with van der Waals surface area (Å²) in [5, 5.41) is 0. The third kappa shape index (κ3) is 3.70. The Balaban J connectivity index is 1.33. The van der Waals surface area contributed by atoms with Crippen LogP contribution in [0.1, 0.15) is 12.0 Å². The molecule has 3 atom stereocenters. The summed E-state index contributed by atoms with van der Waals surface area (Å²) in [6, 6.07) is 7.61. The molecule has 1 aromatic carbocycles. The number of methoxy groups -OCH3 is 1. The van der Waals surface area contributed by atoms with Crippen molar-refractivity contribution in [3.05, 3.63) is 29.8 Å². The summed E-state index contributed by atoms with van der Waals surface area (Å²) >= 11 is 1.10. The lowest BCUT2D eigenvalue weighted by Gasteiger charge is -2.22. The Morgan fingerprint density at radius 2 is 2.20 bits per heavy atom. The van der Waals surface area contributed by atoms with E-state index < -0.39 is 0 Å². The Labute approximate surface area is 151 Å². The van der Waals surface area contributed by atoms with Crippen LogP contribution in [0.2, 0.25) is 0 Å². The number of nitrogens with zero attached hydrogens (tertiary/aromatic N) is 3. The molecule has 3 heterocycles. The van der Waals surface area contributed by atoms with Gasteiger partial charge in [-0.3, -0.25) is 4.90 Å². The Bertz CT molecular complexity index is 798. The fourth-order valence-electron chi connectivity index (χ4n) is 3.29. The zero-order chi connectivity index (χ0) is 17.1. The Morgan fingerprint density at radius 1 is 1.28 bits per heavy atom. The molecule has 0 radical (unpaired) electrons. The minimum atomic E-state index is 0.197. The minimum absolute atomic E-state index is 0.197. The van der Waals surface area contributed by atoms with Gasteiger partial charge in [0.25, 0.3) is 11.8 Å². The maximum atomic E-state index is 6.03. The number of piperidine rings is 1. The highest BCUT2D eigenvalue weighted by Crippen LogP contribution is 2.33. The average Bonchev–Trinajstić information content (AvgIpc) is 3.37. The number of rotatable bonds is 5. The topological polar surface area (TPSA) is 56.7 Å². The van der Waals surface area contributed by atoms with E-state index in [0.29, 0.717) is 17.7 Å². The van der Waals surface area contributed by atoms with Crippen molar-refractivity contribution < 1.29 is 14.2 Å². The van der Waals surface area contributed by atoms with Gasteiger partial charge in [-0.2, -0.15) is 0 Å². The van der Waals surface area contributed by atoms with Gasteiger partial charge in [0.05, 0.1) is 18.8 Å². The second-order valence-electron chi connectivity index (χ2n) is 6.16. The summed E-state index contributed by atoms with van der Waals surface area (Å²) in [6.45, 7) is 3.52. The summed E-state index contributed by atoms with van der Waals surface area (Å²) < 4.78 is 25.3. The van der Waals surface area contributed by atoms with Crippen LogP contribution in [0.25, 0.3) is 0 Å². The molecule has 6 nitrogen and oxygen atoms in total. The van der Waals surface area contributed by atoms with Crippen molar-refractivity contribution in [2.45, 2.75) is 12.5 Å². The van der Waals surface area contributed by atoms with Crippen LogP contribution in [0.15, 0.2) is 24.3 Å². The van der Waals surface area contributed by atoms with E-state index in [1.54, 1.807) is 7.11 Å². The third-order valence-electron chi connectivity index (χ3n) is 4.55. The number of fused-ring (bicyclic) bond motifs is 2. The van der Waals surface area contributed by atoms with E-state index in [2.05, 4.69) is 25.5 Å². The van der Waals surface area contributed by atoms with Gasteiger partial charge in [0.15, 0.2) is 6.61 Å². The van der Waals surface area contributed by atoms with Crippen molar-refractivity contribution in [2.75, 3.05) is 33.4 Å². The molecule has 0 spiro atoms. The zero-order valence-corrected chi connectivity index (χ0v) is 14.8. The number of ether oxygens (including phenoxy) is 3.